The highest BCUT2D eigenvalue weighted by Gasteiger charge is 2.35. The van der Waals surface area contributed by atoms with Crippen LogP contribution in [-0.4, -0.2) is 47.2 Å². The Morgan fingerprint density at radius 1 is 1.04 bits per heavy atom. The highest BCUT2D eigenvalue weighted by molar-refractivity contribution is 5.92. The van der Waals surface area contributed by atoms with Gasteiger partial charge in [-0.1, -0.05) is 46.0 Å². The average molecular weight is 371 g/mol. The minimum Gasteiger partial charge on any atom is -0.382 e. The second kappa shape index (κ2) is 11.1. The molecule has 3 amide bonds. The van der Waals surface area contributed by atoms with E-state index in [1.807, 2.05) is 13.8 Å². The molecule has 0 saturated heterocycles. The third-order valence-electron chi connectivity index (χ3n) is 5.00. The van der Waals surface area contributed by atoms with Crippen molar-refractivity contribution in [2.24, 2.45) is 17.8 Å². The Hall–Kier alpha value is -1.67. The lowest BCUT2D eigenvalue weighted by Crippen LogP contribution is -2.52. The summed E-state index contributed by atoms with van der Waals surface area (Å²) in [5.41, 5.74) is 1.38. The van der Waals surface area contributed by atoms with E-state index in [2.05, 4.69) is 10.6 Å². The zero-order valence-electron chi connectivity index (χ0n) is 16.0. The summed E-state index contributed by atoms with van der Waals surface area (Å²) >= 11 is 0. The maximum Gasteiger partial charge on any atom is 0.272 e. The molecule has 1 saturated carbocycles. The van der Waals surface area contributed by atoms with Gasteiger partial charge in [0.25, 0.3) is 5.91 Å². The fraction of sp³-hybridized carbons (Fsp3) is 0.833. The SMILES string of the molecule is CNC(=O)C(CC1CCCCC1)NC(=O)[C@H](CC(C)C)[C@H](O)C(=O)NO. The van der Waals surface area contributed by atoms with E-state index in [-0.39, 0.29) is 18.2 Å². The molecule has 1 aliphatic rings. The summed E-state index contributed by atoms with van der Waals surface area (Å²) in [7, 11) is 1.52. The number of carbonyl (C=O) groups is 3. The van der Waals surface area contributed by atoms with Gasteiger partial charge in [0, 0.05) is 7.05 Å². The summed E-state index contributed by atoms with van der Waals surface area (Å²) in [5, 5.41) is 24.1. The average Bonchev–Trinajstić information content (AvgIpc) is 2.64. The van der Waals surface area contributed by atoms with Gasteiger partial charge in [-0.15, -0.1) is 0 Å². The quantitative estimate of drug-likeness (QED) is 0.301. The van der Waals surface area contributed by atoms with Crippen LogP contribution < -0.4 is 16.1 Å². The van der Waals surface area contributed by atoms with Gasteiger partial charge < -0.3 is 15.7 Å². The highest BCUT2D eigenvalue weighted by atomic mass is 16.5. The van der Waals surface area contributed by atoms with Crippen LogP contribution in [0, 0.1) is 17.8 Å². The lowest BCUT2D eigenvalue weighted by molar-refractivity contribution is -0.147. The largest absolute Gasteiger partial charge is 0.382 e. The van der Waals surface area contributed by atoms with Crippen LogP contribution in [0.15, 0.2) is 0 Å². The first kappa shape index (κ1) is 22.4. The number of hydrogen-bond acceptors (Lipinski definition) is 5. The second-order valence-corrected chi connectivity index (χ2v) is 7.57. The molecule has 0 aromatic rings. The van der Waals surface area contributed by atoms with E-state index in [9.17, 15) is 19.5 Å². The van der Waals surface area contributed by atoms with E-state index >= 15 is 0 Å². The van der Waals surface area contributed by atoms with Gasteiger partial charge in [-0.2, -0.15) is 0 Å². The van der Waals surface area contributed by atoms with Crippen LogP contribution >= 0.6 is 0 Å². The number of aliphatic hydroxyl groups excluding tert-OH is 1. The third-order valence-corrected chi connectivity index (χ3v) is 5.00. The lowest BCUT2D eigenvalue weighted by Gasteiger charge is -2.28. The predicted octanol–water partition coefficient (Wildman–Crippen LogP) is 0.716. The van der Waals surface area contributed by atoms with Gasteiger partial charge in [-0.05, 0) is 24.7 Å². The first-order valence-corrected chi connectivity index (χ1v) is 9.44. The molecule has 0 aromatic heterocycles. The molecule has 8 nitrogen and oxygen atoms in total. The number of carbonyl (C=O) groups excluding carboxylic acids is 3. The van der Waals surface area contributed by atoms with Gasteiger partial charge in [0.1, 0.15) is 12.1 Å². The van der Waals surface area contributed by atoms with Crippen molar-refractivity contribution in [1.82, 2.24) is 16.1 Å². The first-order chi connectivity index (χ1) is 12.3. The molecule has 26 heavy (non-hydrogen) atoms. The minimum absolute atomic E-state index is 0.0451. The van der Waals surface area contributed by atoms with Crippen LogP contribution in [0.1, 0.15) is 58.8 Å². The van der Waals surface area contributed by atoms with Crippen molar-refractivity contribution in [3.63, 3.8) is 0 Å². The van der Waals surface area contributed by atoms with Crippen LogP contribution in [0.2, 0.25) is 0 Å². The standard InChI is InChI=1S/C18H33N3O5/c1-11(2)9-13(15(22)18(25)21-26)16(23)20-14(17(24)19-3)10-12-7-5-4-6-8-12/h11-15,22,26H,4-10H2,1-3H3,(H,19,24)(H,20,23)(H,21,25)/t13-,14?,15+/m1/s1. The van der Waals surface area contributed by atoms with Crippen LogP contribution in [0.5, 0.6) is 0 Å². The van der Waals surface area contributed by atoms with Crippen LogP contribution in [0.4, 0.5) is 0 Å². The zero-order chi connectivity index (χ0) is 19.7. The highest BCUT2D eigenvalue weighted by Crippen LogP contribution is 2.27. The Bertz CT molecular complexity index is 477. The molecule has 3 atom stereocenters. The maximum absolute atomic E-state index is 12.7. The Morgan fingerprint density at radius 2 is 1.65 bits per heavy atom. The van der Waals surface area contributed by atoms with E-state index < -0.39 is 29.9 Å². The van der Waals surface area contributed by atoms with E-state index in [1.165, 1.54) is 18.9 Å². The fourth-order valence-corrected chi connectivity index (χ4v) is 3.58. The van der Waals surface area contributed by atoms with Crippen molar-refractivity contribution in [3.8, 4) is 0 Å². The molecule has 0 aromatic carbocycles. The zero-order valence-corrected chi connectivity index (χ0v) is 16.0. The molecular formula is C18H33N3O5. The van der Waals surface area contributed by atoms with Crippen LogP contribution in [-0.2, 0) is 14.4 Å². The number of hydrogen-bond donors (Lipinski definition) is 5. The third kappa shape index (κ3) is 6.92. The van der Waals surface area contributed by atoms with E-state index in [1.54, 1.807) is 0 Å². The Morgan fingerprint density at radius 3 is 2.15 bits per heavy atom. The molecule has 150 valence electrons. The topological polar surface area (TPSA) is 128 Å². The molecule has 1 unspecified atom stereocenters. The predicted molar refractivity (Wildman–Crippen MR) is 96.1 cm³/mol. The lowest BCUT2D eigenvalue weighted by atomic mass is 9.84. The van der Waals surface area contributed by atoms with Gasteiger partial charge in [-0.3, -0.25) is 19.6 Å². The summed E-state index contributed by atoms with van der Waals surface area (Å²) in [6.45, 7) is 3.73. The van der Waals surface area contributed by atoms with Gasteiger partial charge in [0.2, 0.25) is 11.8 Å². The smallest absolute Gasteiger partial charge is 0.272 e. The van der Waals surface area contributed by atoms with Gasteiger partial charge in [-0.25, -0.2) is 5.48 Å². The first-order valence-electron chi connectivity index (χ1n) is 9.44. The summed E-state index contributed by atoms with van der Waals surface area (Å²) in [6, 6.07) is -0.699. The van der Waals surface area contributed by atoms with Crippen molar-refractivity contribution in [2.75, 3.05) is 7.05 Å². The van der Waals surface area contributed by atoms with Crippen LogP contribution in [0.25, 0.3) is 0 Å². The van der Waals surface area contributed by atoms with Crippen molar-refractivity contribution in [2.45, 2.75) is 70.9 Å². The minimum atomic E-state index is -1.68. The number of amides is 3. The Balaban J connectivity index is 2.84. The summed E-state index contributed by atoms with van der Waals surface area (Å²) in [6.07, 6.45) is 4.65. The summed E-state index contributed by atoms with van der Waals surface area (Å²) in [5.74, 6) is -2.49. The van der Waals surface area contributed by atoms with Crippen molar-refractivity contribution in [1.29, 1.82) is 0 Å². The number of hydroxylamine groups is 1. The van der Waals surface area contributed by atoms with E-state index in [0.717, 1.165) is 25.7 Å². The van der Waals surface area contributed by atoms with E-state index in [0.29, 0.717) is 12.3 Å². The molecule has 5 N–H and O–H groups in total. The molecule has 1 aliphatic carbocycles. The molecular weight excluding hydrogens is 338 g/mol. The maximum atomic E-state index is 12.7. The van der Waals surface area contributed by atoms with Crippen molar-refractivity contribution >= 4 is 17.7 Å². The molecule has 0 radical (unpaired) electrons. The normalized spacial score (nSPS) is 18.7. The molecule has 0 bridgehead atoms. The second-order valence-electron chi connectivity index (χ2n) is 7.57. The van der Waals surface area contributed by atoms with Crippen molar-refractivity contribution < 1.29 is 24.7 Å². The molecule has 1 fully saturated rings. The summed E-state index contributed by atoms with van der Waals surface area (Å²) in [4.78, 5) is 36.5. The van der Waals surface area contributed by atoms with Gasteiger partial charge in [0.15, 0.2) is 0 Å². The number of aliphatic hydroxyl groups is 1. The Labute approximate surface area is 155 Å². The fourth-order valence-electron chi connectivity index (χ4n) is 3.58. The van der Waals surface area contributed by atoms with E-state index in [4.69, 9.17) is 5.21 Å². The molecule has 0 spiro atoms. The monoisotopic (exact) mass is 371 g/mol. The van der Waals surface area contributed by atoms with Gasteiger partial charge in [0.05, 0.1) is 5.92 Å². The number of likely N-dealkylation sites (N-methyl/N-ethyl adjacent to an activating group) is 1. The molecule has 8 heteroatoms. The molecule has 0 heterocycles. The molecule has 1 rings (SSSR count). The molecule has 0 aliphatic heterocycles. The van der Waals surface area contributed by atoms with Crippen LogP contribution in [0.3, 0.4) is 0 Å². The number of nitrogens with one attached hydrogen (secondary N) is 3. The van der Waals surface area contributed by atoms with Gasteiger partial charge >= 0.3 is 0 Å². The Kier molecular flexibility index (Phi) is 9.58. The van der Waals surface area contributed by atoms with Crippen molar-refractivity contribution in [3.05, 3.63) is 0 Å². The summed E-state index contributed by atoms with van der Waals surface area (Å²) < 4.78 is 0. The number of rotatable bonds is 9.